The lowest BCUT2D eigenvalue weighted by molar-refractivity contribution is 0.477. The van der Waals surface area contributed by atoms with E-state index in [4.69, 9.17) is 9.83 Å². The van der Waals surface area contributed by atoms with Crippen molar-refractivity contribution in [2.24, 2.45) is 0 Å². The Morgan fingerprint density at radius 1 is 1.28 bits per heavy atom. The number of phenolic OH excluding ortho intramolecular Hbond substituents is 1. The Labute approximate surface area is 104 Å². The summed E-state index contributed by atoms with van der Waals surface area (Å²) in [6, 6.07) is 6.89. The van der Waals surface area contributed by atoms with E-state index in [9.17, 15) is 5.11 Å². The first-order chi connectivity index (χ1) is 8.74. The Morgan fingerprint density at radius 3 is 2.94 bits per heavy atom. The lowest BCUT2D eigenvalue weighted by Gasteiger charge is -2.15. The molecule has 1 aromatic heterocycles. The van der Waals surface area contributed by atoms with Crippen molar-refractivity contribution >= 4 is 16.5 Å². The molecule has 1 aromatic carbocycles. The zero-order valence-corrected chi connectivity index (χ0v) is 9.86. The summed E-state index contributed by atoms with van der Waals surface area (Å²) in [6.07, 6.45) is 3.06. The molecule has 1 aliphatic rings. The summed E-state index contributed by atoms with van der Waals surface area (Å²) in [5, 5.41) is 21.4. The maximum atomic E-state index is 10.0. The number of rotatable bonds is 1. The van der Waals surface area contributed by atoms with E-state index in [1.165, 1.54) is 11.6 Å². The highest BCUT2D eigenvalue weighted by Gasteiger charge is 2.10. The fourth-order valence-corrected chi connectivity index (χ4v) is 2.25. The number of fused-ring (bicyclic) bond motifs is 1. The molecule has 0 atom stereocenters. The molecule has 0 radical (unpaired) electrons. The minimum Gasteiger partial charge on any atom is -0.507 e. The summed E-state index contributed by atoms with van der Waals surface area (Å²) in [7, 11) is 0. The van der Waals surface area contributed by atoms with Gasteiger partial charge < -0.3 is 14.8 Å². The quantitative estimate of drug-likeness (QED) is 0.716. The van der Waals surface area contributed by atoms with Crippen molar-refractivity contribution in [1.82, 2.24) is 5.32 Å². The van der Waals surface area contributed by atoms with E-state index in [-0.39, 0.29) is 11.3 Å². The third-order valence-corrected chi connectivity index (χ3v) is 3.18. The molecule has 3 rings (SSSR count). The van der Waals surface area contributed by atoms with Gasteiger partial charge in [-0.15, -0.1) is 0 Å². The van der Waals surface area contributed by atoms with Crippen molar-refractivity contribution in [2.75, 3.05) is 13.1 Å². The van der Waals surface area contributed by atoms with Crippen LogP contribution in [0.1, 0.15) is 12.0 Å². The van der Waals surface area contributed by atoms with Gasteiger partial charge in [0.15, 0.2) is 0 Å². The monoisotopic (exact) mass is 242 g/mol. The average Bonchev–Trinajstić information content (AvgIpc) is 2.39. The van der Waals surface area contributed by atoms with Crippen LogP contribution in [-0.4, -0.2) is 18.2 Å². The topological polar surface area (TPSA) is 69.2 Å². The summed E-state index contributed by atoms with van der Waals surface area (Å²) in [5.74, 6) is 0.200. The lowest BCUT2D eigenvalue weighted by Crippen LogP contribution is -2.20. The van der Waals surface area contributed by atoms with E-state index in [0.717, 1.165) is 25.1 Å². The molecule has 0 saturated heterocycles. The third-order valence-electron chi connectivity index (χ3n) is 3.18. The Kier molecular flexibility index (Phi) is 2.64. The largest absolute Gasteiger partial charge is 0.507 e. The minimum absolute atomic E-state index is 0.0957. The number of hydrogen-bond donors (Lipinski definition) is 3. The fourth-order valence-electron chi connectivity index (χ4n) is 2.25. The summed E-state index contributed by atoms with van der Waals surface area (Å²) in [6.45, 7) is 1.80. The highest BCUT2D eigenvalue weighted by atomic mass is 16.3. The first kappa shape index (κ1) is 11.0. The van der Waals surface area contributed by atoms with Crippen molar-refractivity contribution in [1.29, 1.82) is 5.41 Å². The van der Waals surface area contributed by atoms with Gasteiger partial charge in [-0.1, -0.05) is 6.08 Å². The Morgan fingerprint density at radius 2 is 2.17 bits per heavy atom. The van der Waals surface area contributed by atoms with E-state index < -0.39 is 0 Å². The van der Waals surface area contributed by atoms with Gasteiger partial charge in [0.2, 0.25) is 5.55 Å². The highest BCUT2D eigenvalue weighted by molar-refractivity contribution is 5.87. The molecule has 2 heterocycles. The van der Waals surface area contributed by atoms with Crippen LogP contribution in [0.25, 0.3) is 16.5 Å². The summed E-state index contributed by atoms with van der Waals surface area (Å²) in [4.78, 5) is 0. The fraction of sp³-hybridized carbons (Fsp3) is 0.214. The molecule has 0 aliphatic carbocycles. The van der Waals surface area contributed by atoms with Crippen LogP contribution in [0, 0.1) is 5.41 Å². The van der Waals surface area contributed by atoms with Gasteiger partial charge in [-0.2, -0.15) is 0 Å². The molecule has 3 N–H and O–H groups in total. The summed E-state index contributed by atoms with van der Waals surface area (Å²) in [5.41, 5.74) is 2.82. The van der Waals surface area contributed by atoms with Gasteiger partial charge in [0.05, 0.1) is 5.39 Å². The zero-order chi connectivity index (χ0) is 12.5. The SMILES string of the molecule is N=c1ccc2c(O)cc(C3=CCNCC3)cc2o1. The molecule has 92 valence electrons. The molecule has 0 amide bonds. The van der Waals surface area contributed by atoms with E-state index in [1.807, 2.05) is 6.07 Å². The second-order valence-electron chi connectivity index (χ2n) is 4.39. The molecular formula is C14H14N2O2. The lowest BCUT2D eigenvalue weighted by atomic mass is 9.99. The van der Waals surface area contributed by atoms with Crippen LogP contribution in [0.15, 0.2) is 34.8 Å². The molecule has 0 saturated carbocycles. The number of aromatic hydroxyl groups is 1. The normalized spacial score (nSPS) is 15.7. The van der Waals surface area contributed by atoms with E-state index >= 15 is 0 Å². The van der Waals surface area contributed by atoms with Crippen LogP contribution in [-0.2, 0) is 0 Å². The van der Waals surface area contributed by atoms with Gasteiger partial charge in [-0.25, -0.2) is 0 Å². The van der Waals surface area contributed by atoms with Crippen molar-refractivity contribution < 1.29 is 9.52 Å². The zero-order valence-electron chi connectivity index (χ0n) is 9.86. The van der Waals surface area contributed by atoms with Gasteiger partial charge in [-0.3, -0.25) is 5.41 Å². The van der Waals surface area contributed by atoms with Crippen LogP contribution in [0.4, 0.5) is 0 Å². The van der Waals surface area contributed by atoms with Gasteiger partial charge in [0.1, 0.15) is 11.3 Å². The Hall–Kier alpha value is -2.07. The minimum atomic E-state index is 0.0957. The smallest absolute Gasteiger partial charge is 0.211 e. The molecule has 2 aromatic rings. The summed E-state index contributed by atoms with van der Waals surface area (Å²) < 4.78 is 5.34. The van der Waals surface area contributed by atoms with Crippen molar-refractivity contribution in [3.8, 4) is 5.75 Å². The standard InChI is InChI=1S/C14H14N2O2/c15-14-2-1-11-12(17)7-10(8-13(11)18-14)9-3-5-16-6-4-9/h1-3,7-8,15-17H,4-6H2. The molecule has 4 heteroatoms. The van der Waals surface area contributed by atoms with Crippen molar-refractivity contribution in [3.05, 3.63) is 41.5 Å². The molecule has 4 nitrogen and oxygen atoms in total. The molecule has 0 unspecified atom stereocenters. The van der Waals surface area contributed by atoms with Crippen molar-refractivity contribution in [2.45, 2.75) is 6.42 Å². The molecule has 18 heavy (non-hydrogen) atoms. The molecule has 0 spiro atoms. The number of hydrogen-bond acceptors (Lipinski definition) is 4. The number of nitrogens with one attached hydrogen (secondary N) is 2. The highest BCUT2D eigenvalue weighted by Crippen LogP contribution is 2.30. The second-order valence-corrected chi connectivity index (χ2v) is 4.39. The molecule has 0 bridgehead atoms. The van der Waals surface area contributed by atoms with Crippen LogP contribution in [0.5, 0.6) is 5.75 Å². The molecular weight excluding hydrogens is 228 g/mol. The average molecular weight is 242 g/mol. The van der Waals surface area contributed by atoms with E-state index in [1.54, 1.807) is 12.1 Å². The van der Waals surface area contributed by atoms with E-state index in [2.05, 4.69) is 11.4 Å². The van der Waals surface area contributed by atoms with Crippen LogP contribution in [0.2, 0.25) is 0 Å². The molecule has 0 fully saturated rings. The maximum Gasteiger partial charge on any atom is 0.211 e. The van der Waals surface area contributed by atoms with Gasteiger partial charge in [0, 0.05) is 12.6 Å². The number of benzene rings is 1. The van der Waals surface area contributed by atoms with Gasteiger partial charge in [0.25, 0.3) is 0 Å². The predicted octanol–water partition coefficient (Wildman–Crippen LogP) is 1.99. The van der Waals surface area contributed by atoms with E-state index in [0.29, 0.717) is 11.0 Å². The van der Waals surface area contributed by atoms with Crippen LogP contribution in [0.3, 0.4) is 0 Å². The third kappa shape index (κ3) is 1.91. The van der Waals surface area contributed by atoms with Gasteiger partial charge in [-0.05, 0) is 42.3 Å². The first-order valence-electron chi connectivity index (χ1n) is 5.95. The second kappa shape index (κ2) is 4.31. The van der Waals surface area contributed by atoms with Crippen LogP contribution < -0.4 is 10.9 Å². The predicted molar refractivity (Wildman–Crippen MR) is 69.2 cm³/mol. The maximum absolute atomic E-state index is 10.0. The van der Waals surface area contributed by atoms with Crippen molar-refractivity contribution in [3.63, 3.8) is 0 Å². The van der Waals surface area contributed by atoms with Gasteiger partial charge >= 0.3 is 0 Å². The Bertz CT molecular complexity index is 686. The summed E-state index contributed by atoms with van der Waals surface area (Å²) >= 11 is 0. The Balaban J connectivity index is 2.19. The number of phenols is 1. The molecule has 1 aliphatic heterocycles. The van der Waals surface area contributed by atoms with Crippen LogP contribution >= 0.6 is 0 Å². The first-order valence-corrected chi connectivity index (χ1v) is 5.95.